The number of likely N-dealkylation sites (N-methyl/N-ethyl adjacent to an activating group) is 1. The molecule has 2 aliphatic rings. The molecule has 1 atom stereocenters. The maximum atomic E-state index is 13.1. The minimum absolute atomic E-state index is 0.0976. The molecule has 4 rings (SSSR count). The van der Waals surface area contributed by atoms with E-state index in [4.69, 9.17) is 15.9 Å². The van der Waals surface area contributed by atoms with Crippen molar-refractivity contribution < 1.29 is 14.3 Å². The van der Waals surface area contributed by atoms with Crippen molar-refractivity contribution in [1.29, 1.82) is 5.41 Å². The summed E-state index contributed by atoms with van der Waals surface area (Å²) < 4.78 is 5.44. The number of carbonyl (C=O) groups excluding carboxylic acids is 2. The molecular weight excluding hydrogens is 444 g/mol. The van der Waals surface area contributed by atoms with E-state index < -0.39 is 6.10 Å². The highest BCUT2D eigenvalue weighted by molar-refractivity contribution is 6.12. The van der Waals surface area contributed by atoms with Gasteiger partial charge in [-0.25, -0.2) is 0 Å². The molecule has 2 aromatic rings. The molecule has 1 saturated heterocycles. The quantitative estimate of drug-likeness (QED) is 0.431. The lowest BCUT2D eigenvalue weighted by atomic mass is 10.1. The van der Waals surface area contributed by atoms with Gasteiger partial charge in [-0.3, -0.25) is 15.0 Å². The topological polar surface area (TPSA) is 115 Å². The molecule has 0 radical (unpaired) electrons. The van der Waals surface area contributed by atoms with Crippen LogP contribution in [0.4, 0.5) is 5.69 Å². The number of methoxy groups -OCH3 is 1. The molecular formula is C26H32N6O3. The fraction of sp³-hybridized carbons (Fsp3) is 0.346. The molecule has 2 aromatic carbocycles. The number of nitrogens with two attached hydrogens (primary N) is 1. The highest BCUT2D eigenvalue weighted by atomic mass is 16.5. The molecule has 9 heteroatoms. The zero-order valence-corrected chi connectivity index (χ0v) is 20.2. The molecule has 2 heterocycles. The zero-order valence-electron chi connectivity index (χ0n) is 20.2. The molecule has 0 saturated carbocycles. The third kappa shape index (κ3) is 5.52. The number of nitrogens with one attached hydrogen (secondary N) is 2. The van der Waals surface area contributed by atoms with Crippen molar-refractivity contribution in [2.24, 2.45) is 5.73 Å². The molecule has 0 bridgehead atoms. The summed E-state index contributed by atoms with van der Waals surface area (Å²) in [5, 5.41) is 11.0. The van der Waals surface area contributed by atoms with Crippen LogP contribution in [-0.4, -0.2) is 80.9 Å². The van der Waals surface area contributed by atoms with Crippen LogP contribution in [0.2, 0.25) is 0 Å². The fourth-order valence-electron chi connectivity index (χ4n) is 4.37. The Morgan fingerprint density at radius 1 is 1.00 bits per heavy atom. The van der Waals surface area contributed by atoms with Gasteiger partial charge in [0.15, 0.2) is 6.10 Å². The minimum Gasteiger partial charge on any atom is -0.400 e. The second kappa shape index (κ2) is 10.7. The number of anilines is 1. The van der Waals surface area contributed by atoms with Crippen molar-refractivity contribution in [3.8, 4) is 0 Å². The molecule has 0 spiro atoms. The van der Waals surface area contributed by atoms with E-state index >= 15 is 0 Å². The summed E-state index contributed by atoms with van der Waals surface area (Å²) in [7, 11) is 3.60. The summed E-state index contributed by atoms with van der Waals surface area (Å²) >= 11 is 0. The van der Waals surface area contributed by atoms with E-state index in [-0.39, 0.29) is 30.7 Å². The van der Waals surface area contributed by atoms with Gasteiger partial charge in [0.1, 0.15) is 5.84 Å². The van der Waals surface area contributed by atoms with Gasteiger partial charge in [-0.15, -0.1) is 0 Å². The van der Waals surface area contributed by atoms with Crippen LogP contribution < -0.4 is 16.0 Å². The normalized spacial score (nSPS) is 17.4. The Labute approximate surface area is 205 Å². The largest absolute Gasteiger partial charge is 0.400 e. The average molecular weight is 477 g/mol. The van der Waals surface area contributed by atoms with Gasteiger partial charge in [-0.1, -0.05) is 30.3 Å². The predicted molar refractivity (Wildman–Crippen MR) is 135 cm³/mol. The first-order chi connectivity index (χ1) is 16.9. The van der Waals surface area contributed by atoms with Crippen molar-refractivity contribution >= 4 is 23.3 Å². The molecule has 184 valence electrons. The predicted octanol–water partition coefficient (Wildman–Crippen LogP) is 1.59. The summed E-state index contributed by atoms with van der Waals surface area (Å²) in [6.07, 6.45) is -0.758. The number of hydrogen-bond acceptors (Lipinski definition) is 7. The first-order valence-electron chi connectivity index (χ1n) is 11.6. The summed E-state index contributed by atoms with van der Waals surface area (Å²) in [6, 6.07) is 16.6. The lowest BCUT2D eigenvalue weighted by Crippen LogP contribution is -2.44. The van der Waals surface area contributed by atoms with Crippen molar-refractivity contribution in [3.63, 3.8) is 0 Å². The first-order valence-corrected chi connectivity index (χ1v) is 11.6. The molecule has 1 fully saturated rings. The Morgan fingerprint density at radius 3 is 2.29 bits per heavy atom. The number of amidine groups is 1. The number of amides is 2. The van der Waals surface area contributed by atoms with Crippen molar-refractivity contribution in [2.45, 2.75) is 6.10 Å². The maximum absolute atomic E-state index is 13.1. The Balaban J connectivity index is 1.36. The van der Waals surface area contributed by atoms with Gasteiger partial charge in [-0.05, 0) is 36.9 Å². The van der Waals surface area contributed by atoms with Crippen LogP contribution in [0, 0.1) is 5.41 Å². The van der Waals surface area contributed by atoms with Gasteiger partial charge in [0.25, 0.3) is 11.8 Å². The van der Waals surface area contributed by atoms with Crippen LogP contribution in [0.15, 0.2) is 65.9 Å². The van der Waals surface area contributed by atoms with Crippen molar-refractivity contribution in [2.75, 3.05) is 58.3 Å². The number of benzene rings is 2. The van der Waals surface area contributed by atoms with E-state index in [1.807, 2.05) is 42.5 Å². The van der Waals surface area contributed by atoms with Gasteiger partial charge in [0, 0.05) is 55.8 Å². The minimum atomic E-state index is -0.758. The van der Waals surface area contributed by atoms with Crippen LogP contribution in [0.3, 0.4) is 0 Å². The lowest BCUT2D eigenvalue weighted by molar-refractivity contribution is -0.141. The molecule has 35 heavy (non-hydrogen) atoms. The molecule has 9 nitrogen and oxygen atoms in total. The van der Waals surface area contributed by atoms with E-state index in [0.717, 1.165) is 37.4 Å². The number of carbonyl (C=O) groups is 2. The second-order valence-corrected chi connectivity index (χ2v) is 8.89. The zero-order chi connectivity index (χ0) is 24.9. The van der Waals surface area contributed by atoms with Crippen LogP contribution >= 0.6 is 0 Å². The van der Waals surface area contributed by atoms with E-state index in [1.54, 1.807) is 12.1 Å². The van der Waals surface area contributed by atoms with Crippen molar-refractivity contribution in [1.82, 2.24) is 15.1 Å². The van der Waals surface area contributed by atoms with Crippen molar-refractivity contribution in [3.05, 3.63) is 77.0 Å². The Bertz CT molecular complexity index is 1110. The number of nitrogens with zero attached hydrogens (tertiary/aromatic N) is 3. The Kier molecular flexibility index (Phi) is 7.48. The Morgan fingerprint density at radius 2 is 1.66 bits per heavy atom. The third-order valence-corrected chi connectivity index (χ3v) is 6.51. The Hall–Kier alpha value is -3.69. The summed E-state index contributed by atoms with van der Waals surface area (Å²) in [5.41, 5.74) is 9.26. The van der Waals surface area contributed by atoms with E-state index in [1.165, 1.54) is 12.0 Å². The smallest absolute Gasteiger partial charge is 0.256 e. The number of piperazine rings is 1. The third-order valence-electron chi connectivity index (χ3n) is 6.51. The summed E-state index contributed by atoms with van der Waals surface area (Å²) in [5.74, 6) is -0.723. The van der Waals surface area contributed by atoms with Gasteiger partial charge in [-0.2, -0.15) is 0 Å². The molecule has 2 aliphatic heterocycles. The molecule has 1 unspecified atom stereocenters. The number of hydrogen-bond donors (Lipinski definition) is 3. The lowest BCUT2D eigenvalue weighted by Gasteiger charge is -2.34. The van der Waals surface area contributed by atoms with E-state index in [9.17, 15) is 9.59 Å². The van der Waals surface area contributed by atoms with Gasteiger partial charge in [0.05, 0.1) is 13.1 Å². The first kappa shape index (κ1) is 24.4. The van der Waals surface area contributed by atoms with Gasteiger partial charge in [0.2, 0.25) is 0 Å². The van der Waals surface area contributed by atoms with E-state index in [2.05, 4.69) is 22.2 Å². The monoisotopic (exact) mass is 476 g/mol. The van der Waals surface area contributed by atoms with Gasteiger partial charge < -0.3 is 30.5 Å². The average Bonchev–Trinajstić information content (AvgIpc) is 3.27. The van der Waals surface area contributed by atoms with Crippen LogP contribution in [0.25, 0.3) is 0 Å². The molecule has 2 amide bonds. The van der Waals surface area contributed by atoms with Gasteiger partial charge >= 0.3 is 0 Å². The van der Waals surface area contributed by atoms with E-state index in [0.29, 0.717) is 16.8 Å². The molecule has 0 aromatic heterocycles. The highest BCUT2D eigenvalue weighted by Crippen LogP contribution is 2.24. The summed E-state index contributed by atoms with van der Waals surface area (Å²) in [6.45, 7) is 4.22. The van der Waals surface area contributed by atoms with Crippen LogP contribution in [0.1, 0.15) is 22.0 Å². The standard InChI is InChI=1S/C26H32N6O3/c1-30-12-14-31(15-13-30)20-10-8-19(9-11-20)25(33)29-24(28)21-16-32(17-22(21)27)26(34)23(35-2)18-6-4-3-5-7-18/h3-11,23H,12-17,27H2,1-2H3,(H2,28,29,33). The second-order valence-electron chi connectivity index (χ2n) is 8.89. The van der Waals surface area contributed by atoms with Crippen LogP contribution in [-0.2, 0) is 9.53 Å². The van der Waals surface area contributed by atoms with Crippen LogP contribution in [0.5, 0.6) is 0 Å². The number of ether oxygens (including phenoxy) is 1. The SMILES string of the molecule is COC(C(=O)N1CC(N)=C(C(=N)NC(=O)c2ccc(N3CCN(C)CC3)cc2)C1)c1ccccc1. The maximum Gasteiger partial charge on any atom is 0.256 e. The fourth-order valence-corrected chi connectivity index (χ4v) is 4.37. The number of rotatable bonds is 6. The summed E-state index contributed by atoms with van der Waals surface area (Å²) in [4.78, 5) is 32.0. The molecule has 4 N–H and O–H groups in total. The molecule has 0 aliphatic carbocycles. The highest BCUT2D eigenvalue weighted by Gasteiger charge is 2.32.